The monoisotopic (exact) mass is 325 g/mol. The molecule has 0 aliphatic heterocycles. The molecule has 5 heteroatoms. The van der Waals surface area contributed by atoms with Crippen LogP contribution in [0.25, 0.3) is 10.9 Å². The Morgan fingerprint density at radius 2 is 2.00 bits per heavy atom. The van der Waals surface area contributed by atoms with Crippen molar-refractivity contribution in [1.29, 1.82) is 0 Å². The third kappa shape index (κ3) is 3.43. The Balaban J connectivity index is 1.94. The molecule has 0 unspecified atom stereocenters. The highest BCUT2D eigenvalue weighted by Crippen LogP contribution is 2.27. The first kappa shape index (κ1) is 15.3. The first-order valence-electron chi connectivity index (χ1n) is 7.16. The van der Waals surface area contributed by atoms with Crippen molar-refractivity contribution < 1.29 is 4.74 Å². The third-order valence-corrected chi connectivity index (χ3v) is 3.78. The fourth-order valence-electron chi connectivity index (χ4n) is 2.31. The van der Waals surface area contributed by atoms with Crippen LogP contribution in [0.1, 0.15) is 11.3 Å². The summed E-state index contributed by atoms with van der Waals surface area (Å²) in [6, 6.07) is 15.3. The van der Waals surface area contributed by atoms with Crippen LogP contribution in [0.4, 0.5) is 5.69 Å². The van der Waals surface area contributed by atoms with Gasteiger partial charge in [0.2, 0.25) is 0 Å². The summed E-state index contributed by atoms with van der Waals surface area (Å²) in [7, 11) is 1.64. The molecule has 0 amide bonds. The quantitative estimate of drug-likeness (QED) is 0.561. The fourth-order valence-corrected chi connectivity index (χ4v) is 2.49. The van der Waals surface area contributed by atoms with Crippen LogP contribution in [-0.2, 0) is 0 Å². The maximum atomic E-state index is 6.12. The highest BCUT2D eigenvalue weighted by Gasteiger charge is 2.05. The summed E-state index contributed by atoms with van der Waals surface area (Å²) in [4.78, 5) is 4.52. The van der Waals surface area contributed by atoms with Crippen molar-refractivity contribution in [1.82, 2.24) is 4.98 Å². The maximum Gasteiger partial charge on any atom is 0.119 e. The van der Waals surface area contributed by atoms with Gasteiger partial charge in [-0.3, -0.25) is 10.4 Å². The van der Waals surface area contributed by atoms with Gasteiger partial charge in [-0.05, 0) is 37.3 Å². The lowest BCUT2D eigenvalue weighted by molar-refractivity contribution is 0.415. The number of halogens is 1. The summed E-state index contributed by atoms with van der Waals surface area (Å²) in [5.74, 6) is 0.779. The molecular formula is C18H16ClN3O. The average molecular weight is 326 g/mol. The number of aryl methyl sites for hydroxylation is 1. The van der Waals surface area contributed by atoms with Crippen molar-refractivity contribution in [3.8, 4) is 5.75 Å². The Bertz CT molecular complexity index is 877. The van der Waals surface area contributed by atoms with Gasteiger partial charge in [0.1, 0.15) is 5.75 Å². The number of nitrogens with one attached hydrogen (secondary N) is 1. The van der Waals surface area contributed by atoms with Crippen molar-refractivity contribution in [3.63, 3.8) is 0 Å². The van der Waals surface area contributed by atoms with Crippen LogP contribution in [0.2, 0.25) is 5.02 Å². The molecule has 0 aliphatic carbocycles. The highest BCUT2D eigenvalue weighted by atomic mass is 35.5. The second-order valence-electron chi connectivity index (χ2n) is 5.09. The molecule has 3 aromatic rings. The standard InChI is InChI=1S/C18H16ClN3O/c1-12-9-18(15-10-14(23-2)7-8-17(15)21-12)22-20-11-13-5-3-4-6-16(13)19/h3-11H,1-2H3,(H,21,22)/b20-11+. The minimum absolute atomic E-state index is 0.662. The lowest BCUT2D eigenvalue weighted by Crippen LogP contribution is -1.95. The summed E-state index contributed by atoms with van der Waals surface area (Å²) < 4.78 is 5.29. The van der Waals surface area contributed by atoms with E-state index < -0.39 is 0 Å². The predicted octanol–water partition coefficient (Wildman–Crippen LogP) is 4.65. The zero-order chi connectivity index (χ0) is 16.2. The Morgan fingerprint density at radius 3 is 2.78 bits per heavy atom. The van der Waals surface area contributed by atoms with Gasteiger partial charge in [-0.25, -0.2) is 0 Å². The van der Waals surface area contributed by atoms with E-state index in [9.17, 15) is 0 Å². The van der Waals surface area contributed by atoms with Gasteiger partial charge >= 0.3 is 0 Å². The Morgan fingerprint density at radius 1 is 1.17 bits per heavy atom. The van der Waals surface area contributed by atoms with Gasteiger partial charge in [0.05, 0.1) is 24.5 Å². The number of hydrazone groups is 1. The molecule has 0 atom stereocenters. The molecule has 116 valence electrons. The summed E-state index contributed by atoms with van der Waals surface area (Å²) in [5, 5.41) is 5.90. The van der Waals surface area contributed by atoms with E-state index in [-0.39, 0.29) is 0 Å². The molecule has 1 heterocycles. The number of ether oxygens (including phenoxy) is 1. The van der Waals surface area contributed by atoms with Gasteiger partial charge in [-0.2, -0.15) is 5.10 Å². The highest BCUT2D eigenvalue weighted by molar-refractivity contribution is 6.33. The smallest absolute Gasteiger partial charge is 0.119 e. The number of aromatic nitrogens is 1. The molecule has 0 aliphatic rings. The number of benzene rings is 2. The van der Waals surface area contributed by atoms with Crippen LogP contribution in [0.5, 0.6) is 5.75 Å². The molecule has 2 aromatic carbocycles. The second-order valence-corrected chi connectivity index (χ2v) is 5.49. The molecule has 0 saturated carbocycles. The van der Waals surface area contributed by atoms with Crippen molar-refractivity contribution >= 4 is 34.4 Å². The molecule has 1 aromatic heterocycles. The molecule has 0 radical (unpaired) electrons. The van der Waals surface area contributed by atoms with Gasteiger partial charge in [-0.1, -0.05) is 29.8 Å². The molecule has 4 nitrogen and oxygen atoms in total. The third-order valence-electron chi connectivity index (χ3n) is 3.44. The SMILES string of the molecule is COc1ccc2nc(C)cc(N/N=C/c3ccccc3Cl)c2c1. The molecule has 0 fully saturated rings. The second kappa shape index (κ2) is 6.67. The maximum absolute atomic E-state index is 6.12. The van der Waals surface area contributed by atoms with Gasteiger partial charge in [-0.15, -0.1) is 0 Å². The molecule has 23 heavy (non-hydrogen) atoms. The van der Waals surface area contributed by atoms with E-state index in [1.54, 1.807) is 13.3 Å². The van der Waals surface area contributed by atoms with E-state index in [1.165, 1.54) is 0 Å². The summed E-state index contributed by atoms with van der Waals surface area (Å²) in [5.41, 5.74) is 6.60. The summed E-state index contributed by atoms with van der Waals surface area (Å²) in [6.07, 6.45) is 1.70. The first-order valence-corrected chi connectivity index (χ1v) is 7.54. The van der Waals surface area contributed by atoms with E-state index in [0.29, 0.717) is 5.02 Å². The number of fused-ring (bicyclic) bond motifs is 1. The molecular weight excluding hydrogens is 310 g/mol. The fraction of sp³-hybridized carbons (Fsp3) is 0.111. The number of hydrogen-bond acceptors (Lipinski definition) is 4. The number of anilines is 1. The van der Waals surface area contributed by atoms with Gasteiger partial charge in [0, 0.05) is 21.7 Å². The van der Waals surface area contributed by atoms with Crippen molar-refractivity contribution in [2.45, 2.75) is 6.92 Å². The molecule has 0 spiro atoms. The molecule has 0 bridgehead atoms. The van der Waals surface area contributed by atoms with Crippen molar-refractivity contribution in [2.75, 3.05) is 12.5 Å². The number of hydrogen-bond donors (Lipinski definition) is 1. The van der Waals surface area contributed by atoms with E-state index in [2.05, 4.69) is 15.5 Å². The van der Waals surface area contributed by atoms with E-state index in [0.717, 1.165) is 33.6 Å². The van der Waals surface area contributed by atoms with E-state index >= 15 is 0 Å². The van der Waals surface area contributed by atoms with Crippen molar-refractivity contribution in [3.05, 3.63) is 64.8 Å². The Labute approximate surface area is 139 Å². The zero-order valence-electron chi connectivity index (χ0n) is 12.9. The van der Waals surface area contributed by atoms with Gasteiger partial charge < -0.3 is 4.74 Å². The minimum Gasteiger partial charge on any atom is -0.497 e. The van der Waals surface area contributed by atoms with Crippen LogP contribution in [0, 0.1) is 6.92 Å². The first-order chi connectivity index (χ1) is 11.2. The van der Waals surface area contributed by atoms with Crippen LogP contribution in [-0.4, -0.2) is 18.3 Å². The van der Waals surface area contributed by atoms with Crippen LogP contribution in [0.15, 0.2) is 53.6 Å². The summed E-state index contributed by atoms with van der Waals surface area (Å²) in [6.45, 7) is 1.95. The largest absolute Gasteiger partial charge is 0.497 e. The number of rotatable bonds is 4. The number of nitrogens with zero attached hydrogens (tertiary/aromatic N) is 2. The van der Waals surface area contributed by atoms with Gasteiger partial charge in [0.15, 0.2) is 0 Å². The van der Waals surface area contributed by atoms with Crippen LogP contribution in [0.3, 0.4) is 0 Å². The normalized spacial score (nSPS) is 11.1. The zero-order valence-corrected chi connectivity index (χ0v) is 13.6. The lowest BCUT2D eigenvalue weighted by Gasteiger charge is -2.09. The Kier molecular flexibility index (Phi) is 4.44. The Hall–Kier alpha value is -2.59. The molecule has 0 saturated heterocycles. The molecule has 1 N–H and O–H groups in total. The van der Waals surface area contributed by atoms with Gasteiger partial charge in [0.25, 0.3) is 0 Å². The predicted molar refractivity (Wildman–Crippen MR) is 95.7 cm³/mol. The average Bonchev–Trinajstić information content (AvgIpc) is 2.56. The van der Waals surface area contributed by atoms with E-state index in [4.69, 9.17) is 16.3 Å². The van der Waals surface area contributed by atoms with E-state index in [1.807, 2.05) is 55.5 Å². The summed E-state index contributed by atoms with van der Waals surface area (Å²) >= 11 is 6.12. The number of methoxy groups -OCH3 is 1. The van der Waals surface area contributed by atoms with Crippen molar-refractivity contribution in [2.24, 2.45) is 5.10 Å². The lowest BCUT2D eigenvalue weighted by atomic mass is 10.1. The topological polar surface area (TPSA) is 46.5 Å². The van der Waals surface area contributed by atoms with Crippen LogP contribution >= 0.6 is 11.6 Å². The number of pyridine rings is 1. The van der Waals surface area contributed by atoms with Crippen LogP contribution < -0.4 is 10.2 Å². The minimum atomic E-state index is 0.662. The molecule has 3 rings (SSSR count).